The van der Waals surface area contributed by atoms with Crippen LogP contribution >= 0.6 is 0 Å². The number of benzene rings is 7. The van der Waals surface area contributed by atoms with Crippen molar-refractivity contribution in [3.8, 4) is 22.3 Å². The Morgan fingerprint density at radius 3 is 1.72 bits per heavy atom. The van der Waals surface area contributed by atoms with Gasteiger partial charge in [-0.15, -0.1) is 0 Å². The van der Waals surface area contributed by atoms with Gasteiger partial charge in [0.15, 0.2) is 0 Å². The van der Waals surface area contributed by atoms with Crippen LogP contribution in [0, 0.1) is 0 Å². The van der Waals surface area contributed by atoms with Crippen molar-refractivity contribution in [2.24, 2.45) is 0 Å². The first-order valence-corrected chi connectivity index (χ1v) is 16.9. The van der Waals surface area contributed by atoms with Crippen molar-refractivity contribution in [2.45, 2.75) is 0 Å². The van der Waals surface area contributed by atoms with Crippen LogP contribution in [0.3, 0.4) is 0 Å². The third-order valence-corrected chi connectivity index (χ3v) is 9.79. The van der Waals surface area contributed by atoms with E-state index in [1.807, 2.05) is 12.3 Å². The number of nitrogens with zero attached hydrogens (tertiary/aromatic N) is 4. The minimum absolute atomic E-state index is 0.926. The molecule has 0 atom stereocenters. The monoisotopic (exact) mass is 638 g/mol. The zero-order valence-electron chi connectivity index (χ0n) is 27.1. The molecule has 3 heterocycles. The van der Waals surface area contributed by atoms with E-state index in [9.17, 15) is 0 Å². The van der Waals surface area contributed by atoms with E-state index in [4.69, 9.17) is 9.97 Å². The fourth-order valence-corrected chi connectivity index (χ4v) is 7.42. The standard InChI is InChI=1S/C46H30N4/c1-3-10-31(11-4-1)33-17-22-36(23-18-33)49(37-24-19-34(20-25-37)32-12-5-2-6-13-32)38-26-28-42-40(30-38)39-27-21-35-14-9-29-47-45(35)44(39)46-48-41-15-7-8-16-43(41)50(42)46/h1-30H. The highest BCUT2D eigenvalue weighted by atomic mass is 15.1. The van der Waals surface area contributed by atoms with Crippen LogP contribution in [0.4, 0.5) is 17.1 Å². The molecule has 0 aliphatic carbocycles. The summed E-state index contributed by atoms with van der Waals surface area (Å²) in [4.78, 5) is 12.4. The van der Waals surface area contributed by atoms with Gasteiger partial charge in [-0.3, -0.25) is 9.38 Å². The molecule has 7 aromatic carbocycles. The number of fused-ring (bicyclic) bond motifs is 10. The Kier molecular flexibility index (Phi) is 6.46. The van der Waals surface area contributed by atoms with Gasteiger partial charge in [-0.05, 0) is 88.3 Å². The van der Waals surface area contributed by atoms with Crippen LogP contribution in [-0.4, -0.2) is 14.4 Å². The van der Waals surface area contributed by atoms with Crippen molar-refractivity contribution in [1.29, 1.82) is 0 Å². The highest BCUT2D eigenvalue weighted by Gasteiger charge is 2.19. The summed E-state index contributed by atoms with van der Waals surface area (Å²) in [7, 11) is 0. The maximum Gasteiger partial charge on any atom is 0.148 e. The number of aromatic nitrogens is 3. The third kappa shape index (κ3) is 4.54. The first kappa shape index (κ1) is 28.3. The van der Waals surface area contributed by atoms with Crippen molar-refractivity contribution in [1.82, 2.24) is 14.4 Å². The molecule has 0 radical (unpaired) electrons. The fourth-order valence-electron chi connectivity index (χ4n) is 7.42. The zero-order chi connectivity index (χ0) is 33.0. The van der Waals surface area contributed by atoms with E-state index in [-0.39, 0.29) is 0 Å². The average Bonchev–Trinajstić information content (AvgIpc) is 3.59. The predicted molar refractivity (Wildman–Crippen MR) is 209 cm³/mol. The van der Waals surface area contributed by atoms with Crippen molar-refractivity contribution in [2.75, 3.05) is 4.90 Å². The van der Waals surface area contributed by atoms with Crippen molar-refractivity contribution >= 4 is 66.3 Å². The molecule has 4 heteroatoms. The summed E-state index contributed by atoms with van der Waals surface area (Å²) in [5.74, 6) is 0. The molecule has 0 aliphatic rings. The first-order chi connectivity index (χ1) is 24.8. The molecule has 0 spiro atoms. The van der Waals surface area contributed by atoms with Crippen molar-refractivity contribution in [3.63, 3.8) is 0 Å². The molecule has 3 aromatic heterocycles. The molecular weight excluding hydrogens is 609 g/mol. The molecule has 0 fully saturated rings. The van der Waals surface area contributed by atoms with Gasteiger partial charge in [0.25, 0.3) is 0 Å². The molecule has 50 heavy (non-hydrogen) atoms. The fraction of sp³-hybridized carbons (Fsp3) is 0. The highest BCUT2D eigenvalue weighted by Crippen LogP contribution is 2.41. The van der Waals surface area contributed by atoms with E-state index in [1.165, 1.54) is 22.3 Å². The van der Waals surface area contributed by atoms with E-state index < -0.39 is 0 Å². The van der Waals surface area contributed by atoms with Crippen LogP contribution in [0.5, 0.6) is 0 Å². The van der Waals surface area contributed by atoms with E-state index in [0.717, 1.165) is 66.3 Å². The van der Waals surface area contributed by atoms with Crippen LogP contribution in [-0.2, 0) is 0 Å². The number of anilines is 3. The van der Waals surface area contributed by atoms with Crippen LogP contribution < -0.4 is 4.90 Å². The summed E-state index contributed by atoms with van der Waals surface area (Å²) in [6.07, 6.45) is 1.88. The van der Waals surface area contributed by atoms with Crippen LogP contribution in [0.15, 0.2) is 182 Å². The number of hydrogen-bond donors (Lipinski definition) is 0. The van der Waals surface area contributed by atoms with Gasteiger partial charge in [0.1, 0.15) is 5.65 Å². The molecule has 4 nitrogen and oxygen atoms in total. The minimum atomic E-state index is 0.926. The molecular formula is C46H30N4. The lowest BCUT2D eigenvalue weighted by Crippen LogP contribution is -2.10. The van der Waals surface area contributed by atoms with Crippen molar-refractivity contribution in [3.05, 3.63) is 182 Å². The lowest BCUT2D eigenvalue weighted by molar-refractivity contribution is 1.28. The second-order valence-electron chi connectivity index (χ2n) is 12.7. The number of para-hydroxylation sites is 2. The molecule has 0 saturated carbocycles. The maximum atomic E-state index is 5.18. The predicted octanol–water partition coefficient (Wildman–Crippen LogP) is 12.1. The Labute approximate surface area is 289 Å². The van der Waals surface area contributed by atoms with E-state index >= 15 is 0 Å². The second-order valence-corrected chi connectivity index (χ2v) is 12.7. The SMILES string of the molecule is c1ccc(-c2ccc(N(c3ccc(-c4ccccc4)cc3)c3ccc4c(c3)c3ccc5cccnc5c3c3nc5ccccc5n43)cc2)cc1. The Morgan fingerprint density at radius 2 is 1.04 bits per heavy atom. The lowest BCUT2D eigenvalue weighted by Gasteiger charge is -2.26. The van der Waals surface area contributed by atoms with E-state index in [1.54, 1.807) is 0 Å². The largest absolute Gasteiger partial charge is 0.310 e. The molecule has 0 saturated heterocycles. The van der Waals surface area contributed by atoms with E-state index in [2.05, 4.69) is 179 Å². The Morgan fingerprint density at radius 1 is 0.440 bits per heavy atom. The Bertz CT molecular complexity index is 2760. The van der Waals surface area contributed by atoms with Gasteiger partial charge in [0, 0.05) is 34.0 Å². The van der Waals surface area contributed by atoms with Gasteiger partial charge in [-0.1, -0.05) is 115 Å². The molecule has 0 unspecified atom stereocenters. The summed E-state index contributed by atoms with van der Waals surface area (Å²) in [5, 5.41) is 4.44. The number of imidazole rings is 1. The molecule has 0 bridgehead atoms. The summed E-state index contributed by atoms with van der Waals surface area (Å²) in [5.41, 5.74) is 13.1. The second kappa shape index (κ2) is 11.4. The molecule has 0 N–H and O–H groups in total. The zero-order valence-corrected chi connectivity index (χ0v) is 27.1. The number of pyridine rings is 2. The van der Waals surface area contributed by atoms with Gasteiger partial charge in [0.2, 0.25) is 0 Å². The van der Waals surface area contributed by atoms with Gasteiger partial charge >= 0.3 is 0 Å². The Balaban J connectivity index is 1.22. The summed E-state index contributed by atoms with van der Waals surface area (Å²) in [6.45, 7) is 0. The van der Waals surface area contributed by atoms with Crippen LogP contribution in [0.25, 0.3) is 71.5 Å². The average molecular weight is 639 g/mol. The summed E-state index contributed by atoms with van der Waals surface area (Å²) < 4.78 is 2.30. The first-order valence-electron chi connectivity index (χ1n) is 16.9. The molecule has 10 aromatic rings. The van der Waals surface area contributed by atoms with Gasteiger partial charge in [-0.2, -0.15) is 0 Å². The molecule has 0 amide bonds. The highest BCUT2D eigenvalue weighted by molar-refractivity contribution is 6.22. The van der Waals surface area contributed by atoms with Gasteiger partial charge in [-0.25, -0.2) is 4.98 Å². The summed E-state index contributed by atoms with van der Waals surface area (Å²) >= 11 is 0. The molecule has 10 rings (SSSR count). The maximum absolute atomic E-state index is 5.18. The normalized spacial score (nSPS) is 11.6. The van der Waals surface area contributed by atoms with Gasteiger partial charge < -0.3 is 4.90 Å². The van der Waals surface area contributed by atoms with Crippen molar-refractivity contribution < 1.29 is 0 Å². The quantitative estimate of drug-likeness (QED) is 0.176. The van der Waals surface area contributed by atoms with Gasteiger partial charge in [0.05, 0.1) is 27.5 Å². The lowest BCUT2D eigenvalue weighted by atomic mass is 10.0. The minimum Gasteiger partial charge on any atom is -0.310 e. The van der Waals surface area contributed by atoms with E-state index in [0.29, 0.717) is 0 Å². The third-order valence-electron chi connectivity index (χ3n) is 9.79. The van der Waals surface area contributed by atoms with Crippen LogP contribution in [0.2, 0.25) is 0 Å². The Hall–Kier alpha value is -6.78. The van der Waals surface area contributed by atoms with Crippen LogP contribution in [0.1, 0.15) is 0 Å². The molecule has 234 valence electrons. The smallest absolute Gasteiger partial charge is 0.148 e. The topological polar surface area (TPSA) is 33.4 Å². The molecule has 0 aliphatic heterocycles. The summed E-state index contributed by atoms with van der Waals surface area (Å²) in [6, 6.07) is 62.6. The number of rotatable bonds is 5. The number of hydrogen-bond acceptors (Lipinski definition) is 3.